The van der Waals surface area contributed by atoms with E-state index in [1.165, 1.54) is 64.2 Å². The van der Waals surface area contributed by atoms with Crippen LogP contribution in [0.2, 0.25) is 0 Å². The van der Waals surface area contributed by atoms with Gasteiger partial charge in [-0.3, -0.25) is 18.6 Å². The van der Waals surface area contributed by atoms with Gasteiger partial charge in [0.05, 0.1) is 13.2 Å². The highest BCUT2D eigenvalue weighted by atomic mass is 31.2. The number of ether oxygens (including phenoxy) is 2. The SMILES string of the molecule is CC/C=C\C/C=C\C/C=C\C/C=C\C/C=C\C/C=C\C/C=C\C/C=C\C/C=C\CCCCCCCCCCCCCCCC(=O)OC(COC(=O)CCCCCCCC/C=C\C/C=C\C/C=C\C/C=C\C/C=C\C/C=C\CC)COP(=O)(O)OCCN. The molecule has 0 aliphatic rings. The first-order valence-corrected chi connectivity index (χ1v) is 35.8. The Kier molecular flexibility index (Phi) is 66.3. The summed E-state index contributed by atoms with van der Waals surface area (Å²) in [6, 6.07) is 0. The normalized spacial score (nSPS) is 14.1. The molecule has 2 atom stereocenters. The number of phosphoric acid groups is 1. The third-order valence-corrected chi connectivity index (χ3v) is 14.8. The van der Waals surface area contributed by atoms with Crippen molar-refractivity contribution in [3.8, 4) is 0 Å². The van der Waals surface area contributed by atoms with Gasteiger partial charge in [0, 0.05) is 19.4 Å². The molecule has 0 saturated heterocycles. The second-order valence-electron chi connectivity index (χ2n) is 21.9. The summed E-state index contributed by atoms with van der Waals surface area (Å²) in [6.45, 7) is 3.49. The molecular weight excluding hydrogens is 1100 g/mol. The minimum absolute atomic E-state index is 0.0423. The fraction of sp³-hybridized carbons (Fsp3) is 0.584. The molecule has 0 heterocycles. The molecule has 9 nitrogen and oxygen atoms in total. The number of hydrogen-bond acceptors (Lipinski definition) is 8. The maximum absolute atomic E-state index is 12.8. The predicted octanol–water partition coefficient (Wildman–Crippen LogP) is 22.7. The molecule has 0 aromatic heterocycles. The number of unbranched alkanes of at least 4 members (excludes halogenated alkanes) is 19. The number of esters is 2. The van der Waals surface area contributed by atoms with Gasteiger partial charge < -0.3 is 20.1 Å². The molecule has 0 fully saturated rings. The van der Waals surface area contributed by atoms with Crippen molar-refractivity contribution in [2.45, 2.75) is 264 Å². The van der Waals surface area contributed by atoms with Gasteiger partial charge in [-0.05, 0) is 135 Å². The van der Waals surface area contributed by atoms with E-state index in [9.17, 15) is 19.0 Å². The van der Waals surface area contributed by atoms with E-state index in [0.29, 0.717) is 12.8 Å². The Labute approximate surface area is 533 Å². The molecule has 0 aromatic rings. The van der Waals surface area contributed by atoms with Gasteiger partial charge in [0.15, 0.2) is 6.10 Å². The van der Waals surface area contributed by atoms with E-state index >= 15 is 0 Å². The maximum Gasteiger partial charge on any atom is 0.472 e. The van der Waals surface area contributed by atoms with E-state index in [1.54, 1.807) is 0 Å². The lowest BCUT2D eigenvalue weighted by Gasteiger charge is -2.19. The smallest absolute Gasteiger partial charge is 0.462 e. The highest BCUT2D eigenvalue weighted by molar-refractivity contribution is 7.47. The van der Waals surface area contributed by atoms with Crippen LogP contribution in [0.25, 0.3) is 0 Å². The van der Waals surface area contributed by atoms with Gasteiger partial charge in [0.1, 0.15) is 6.61 Å². The molecule has 2 unspecified atom stereocenters. The van der Waals surface area contributed by atoms with Crippen molar-refractivity contribution < 1.29 is 37.6 Å². The van der Waals surface area contributed by atoms with Gasteiger partial charge in [-0.2, -0.15) is 0 Å². The molecule has 87 heavy (non-hydrogen) atoms. The Morgan fingerprint density at radius 1 is 0.345 bits per heavy atom. The van der Waals surface area contributed by atoms with Crippen molar-refractivity contribution >= 4 is 19.8 Å². The van der Waals surface area contributed by atoms with Crippen LogP contribution in [0.1, 0.15) is 258 Å². The van der Waals surface area contributed by atoms with Crippen LogP contribution in [0.15, 0.2) is 182 Å². The van der Waals surface area contributed by atoms with Gasteiger partial charge in [-0.15, -0.1) is 0 Å². The molecule has 0 saturated carbocycles. The molecule has 3 N–H and O–H groups in total. The van der Waals surface area contributed by atoms with Gasteiger partial charge in [-0.1, -0.05) is 292 Å². The zero-order valence-electron chi connectivity index (χ0n) is 54.9. The zero-order chi connectivity index (χ0) is 63.0. The maximum atomic E-state index is 12.8. The molecule has 0 aliphatic carbocycles. The van der Waals surface area contributed by atoms with Crippen molar-refractivity contribution in [2.24, 2.45) is 5.73 Å². The lowest BCUT2D eigenvalue weighted by Crippen LogP contribution is -2.29. The fourth-order valence-electron chi connectivity index (χ4n) is 8.81. The Bertz CT molecular complexity index is 2080. The predicted molar refractivity (Wildman–Crippen MR) is 376 cm³/mol. The largest absolute Gasteiger partial charge is 0.472 e. The number of rotatable bonds is 62. The molecule has 0 aliphatic heterocycles. The number of carbonyl (C=O) groups excluding carboxylic acids is 2. The van der Waals surface area contributed by atoms with Crippen molar-refractivity contribution in [1.82, 2.24) is 0 Å². The average Bonchev–Trinajstić information content (AvgIpc) is 3.65. The van der Waals surface area contributed by atoms with Crippen molar-refractivity contribution in [3.05, 3.63) is 182 Å². The first-order valence-electron chi connectivity index (χ1n) is 34.3. The topological polar surface area (TPSA) is 134 Å². The molecule has 0 amide bonds. The number of carbonyl (C=O) groups is 2. The minimum atomic E-state index is -4.41. The second kappa shape index (κ2) is 70.2. The fourth-order valence-corrected chi connectivity index (χ4v) is 9.57. The van der Waals surface area contributed by atoms with E-state index < -0.39 is 32.5 Å². The minimum Gasteiger partial charge on any atom is -0.462 e. The van der Waals surface area contributed by atoms with Gasteiger partial charge in [-0.25, -0.2) is 4.57 Å². The van der Waals surface area contributed by atoms with E-state index in [-0.39, 0.29) is 32.6 Å². The number of hydrogen-bond donors (Lipinski definition) is 2. The Balaban J connectivity index is 3.97. The third kappa shape index (κ3) is 70.1. The van der Waals surface area contributed by atoms with E-state index in [1.807, 2.05) is 0 Å². The van der Waals surface area contributed by atoms with Crippen molar-refractivity contribution in [1.29, 1.82) is 0 Å². The summed E-state index contributed by atoms with van der Waals surface area (Å²) in [4.78, 5) is 35.3. The van der Waals surface area contributed by atoms with Crippen molar-refractivity contribution in [2.75, 3.05) is 26.4 Å². The molecule has 0 radical (unpaired) electrons. The zero-order valence-corrected chi connectivity index (χ0v) is 55.8. The number of nitrogens with two attached hydrogens (primary N) is 1. The number of allylic oxidation sites excluding steroid dienone is 30. The molecule has 10 heteroatoms. The molecule has 0 rings (SSSR count). The van der Waals surface area contributed by atoms with Gasteiger partial charge >= 0.3 is 19.8 Å². The summed E-state index contributed by atoms with van der Waals surface area (Å²) in [6.07, 6.45) is 105. The van der Waals surface area contributed by atoms with Crippen LogP contribution in [-0.4, -0.2) is 49.3 Å². The summed E-state index contributed by atoms with van der Waals surface area (Å²) < 4.78 is 33.1. The lowest BCUT2D eigenvalue weighted by molar-refractivity contribution is -0.161. The van der Waals surface area contributed by atoms with Crippen LogP contribution in [0.5, 0.6) is 0 Å². The van der Waals surface area contributed by atoms with E-state index in [4.69, 9.17) is 24.3 Å². The second-order valence-corrected chi connectivity index (χ2v) is 23.4. The van der Waals surface area contributed by atoms with E-state index in [0.717, 1.165) is 154 Å². The molecule has 490 valence electrons. The summed E-state index contributed by atoms with van der Waals surface area (Å²) in [7, 11) is -4.41. The van der Waals surface area contributed by atoms with Gasteiger partial charge in [0.25, 0.3) is 0 Å². The van der Waals surface area contributed by atoms with Crippen molar-refractivity contribution in [3.63, 3.8) is 0 Å². The van der Waals surface area contributed by atoms with Crippen LogP contribution < -0.4 is 5.73 Å². The van der Waals surface area contributed by atoms with E-state index in [2.05, 4.69) is 196 Å². The highest BCUT2D eigenvalue weighted by Gasteiger charge is 2.26. The van der Waals surface area contributed by atoms with Crippen LogP contribution in [0.3, 0.4) is 0 Å². The van der Waals surface area contributed by atoms with Crippen LogP contribution in [0.4, 0.5) is 0 Å². The third-order valence-electron chi connectivity index (χ3n) is 13.8. The first kappa shape index (κ1) is 82.1. The molecule has 0 spiro atoms. The van der Waals surface area contributed by atoms with Crippen LogP contribution in [-0.2, 0) is 32.7 Å². The average molecular weight is 1220 g/mol. The first-order chi connectivity index (χ1) is 42.8. The van der Waals surface area contributed by atoms with Crippen LogP contribution >= 0.6 is 7.82 Å². The quantitative estimate of drug-likeness (QED) is 0.0264. The van der Waals surface area contributed by atoms with Crippen LogP contribution in [0, 0.1) is 0 Å². The Morgan fingerprint density at radius 3 is 0.885 bits per heavy atom. The summed E-state index contributed by atoms with van der Waals surface area (Å²) in [5.74, 6) is -0.855. The standard InChI is InChI=1S/C77H124NO8P/c1-3-5-7-9-11-13-15-17-19-21-23-25-27-29-30-31-32-33-34-35-36-37-38-39-40-41-42-43-44-46-48-50-52-54-56-58-60-62-64-66-68-70-77(80)86-75(74-85-87(81,82)84-72-71-78)73-83-76(79)69-67-65-63-61-59-57-55-53-51-49-47-45-28-26-24-22-20-18-16-14-12-10-8-6-4-2/h5-8,11-14,17-20,23-26,29-30,32-33,35-36,38-39,41-42,45,47,51,53,75H,3-4,9-10,15-16,21-22,27-28,31,34,37,40,43-44,46,48-50,52,54-74,78H2,1-2H3,(H,81,82)/b7-5-,8-6-,13-11-,14-12-,19-17-,20-18-,25-23-,26-24-,30-29-,33-32-,36-35-,39-38-,42-41-,47-45-,53-51-. The summed E-state index contributed by atoms with van der Waals surface area (Å²) in [5.41, 5.74) is 5.40. The molecule has 0 bridgehead atoms. The number of phosphoric ester groups is 1. The Morgan fingerprint density at radius 2 is 0.598 bits per heavy atom. The van der Waals surface area contributed by atoms with Gasteiger partial charge in [0.2, 0.25) is 0 Å². The summed E-state index contributed by atoms with van der Waals surface area (Å²) >= 11 is 0. The Hall–Kier alpha value is -4.89. The highest BCUT2D eigenvalue weighted by Crippen LogP contribution is 2.43. The summed E-state index contributed by atoms with van der Waals surface area (Å²) in [5, 5.41) is 0. The molecule has 0 aromatic carbocycles. The monoisotopic (exact) mass is 1220 g/mol. The molecular formula is C77H124NO8P. The lowest BCUT2D eigenvalue weighted by atomic mass is 10.0.